The van der Waals surface area contributed by atoms with E-state index in [4.69, 9.17) is 14.5 Å². The van der Waals surface area contributed by atoms with Crippen LogP contribution in [0.1, 0.15) is 22.5 Å². The van der Waals surface area contributed by atoms with Crippen molar-refractivity contribution in [2.24, 2.45) is 7.05 Å². The Morgan fingerprint density at radius 3 is 2.97 bits per heavy atom. The molecule has 0 atom stereocenters. The number of aryl methyl sites for hydroxylation is 2. The molecule has 31 heavy (non-hydrogen) atoms. The molecule has 4 aromatic rings. The second-order valence-electron chi connectivity index (χ2n) is 7.60. The van der Waals surface area contributed by atoms with Crippen molar-refractivity contribution in [1.82, 2.24) is 24.1 Å². The fourth-order valence-corrected chi connectivity index (χ4v) is 4.09. The summed E-state index contributed by atoms with van der Waals surface area (Å²) < 4.78 is 29.1. The summed E-state index contributed by atoms with van der Waals surface area (Å²) in [6, 6.07) is 5.14. The molecular weight excluding hydrogens is 399 g/mol. The van der Waals surface area contributed by atoms with Crippen LogP contribution in [0, 0.1) is 12.7 Å². The molecule has 0 amide bonds. The average Bonchev–Trinajstić information content (AvgIpc) is 3.45. The minimum atomic E-state index is -0.249. The maximum atomic E-state index is 14.5. The molecule has 160 valence electrons. The van der Waals surface area contributed by atoms with Gasteiger partial charge in [0.25, 0.3) is 0 Å². The van der Waals surface area contributed by atoms with Crippen LogP contribution in [0.2, 0.25) is 0 Å². The first kappa shape index (κ1) is 19.5. The summed E-state index contributed by atoms with van der Waals surface area (Å²) >= 11 is 0. The van der Waals surface area contributed by atoms with Gasteiger partial charge in [-0.15, -0.1) is 0 Å². The highest BCUT2D eigenvalue weighted by Gasteiger charge is 2.20. The van der Waals surface area contributed by atoms with Crippen LogP contribution in [0.15, 0.2) is 30.6 Å². The van der Waals surface area contributed by atoms with Crippen molar-refractivity contribution < 1.29 is 13.9 Å². The molecule has 0 unspecified atom stereocenters. The highest BCUT2D eigenvalue weighted by atomic mass is 19.1. The average molecular weight is 422 g/mol. The number of ether oxygens (including phenoxy) is 2. The third-order valence-corrected chi connectivity index (χ3v) is 5.47. The smallest absolute Gasteiger partial charge is 0.208 e. The third-order valence-electron chi connectivity index (χ3n) is 5.47. The SMILES string of the molecule is COCc1cn2c(NCc3c(F)ccc4c3CCO4)ncc(-c3cc(C)nn3C)c2n1. The molecule has 5 rings (SSSR count). The zero-order valence-corrected chi connectivity index (χ0v) is 17.6. The molecule has 0 bridgehead atoms. The van der Waals surface area contributed by atoms with Gasteiger partial charge in [-0.3, -0.25) is 9.08 Å². The normalized spacial score (nSPS) is 12.9. The molecule has 1 aliphatic heterocycles. The molecule has 0 spiro atoms. The Balaban J connectivity index is 1.55. The standard InChI is InChI=1S/C22H23FN6O2/c1-13-8-19(28(2)27-13)17-10-25-22(29-11-14(12-30-3)26-21(17)29)24-9-16-15-6-7-31-20(15)5-4-18(16)23/h4-5,8,10-11H,6-7,9,12H2,1-3H3,(H,24,25). The number of fused-ring (bicyclic) bond motifs is 2. The van der Waals surface area contributed by atoms with Crippen molar-refractivity contribution in [1.29, 1.82) is 0 Å². The van der Waals surface area contributed by atoms with Crippen molar-refractivity contribution in [3.63, 3.8) is 0 Å². The lowest BCUT2D eigenvalue weighted by atomic mass is 10.0. The van der Waals surface area contributed by atoms with Crippen LogP contribution in [0.4, 0.5) is 10.3 Å². The number of hydrogen-bond acceptors (Lipinski definition) is 6. The van der Waals surface area contributed by atoms with E-state index in [0.29, 0.717) is 37.7 Å². The van der Waals surface area contributed by atoms with Crippen LogP contribution >= 0.6 is 0 Å². The number of benzene rings is 1. The van der Waals surface area contributed by atoms with Gasteiger partial charge >= 0.3 is 0 Å². The number of nitrogens with one attached hydrogen (secondary N) is 1. The van der Waals surface area contributed by atoms with Crippen molar-refractivity contribution in [2.45, 2.75) is 26.5 Å². The quantitative estimate of drug-likeness (QED) is 0.514. The van der Waals surface area contributed by atoms with Gasteiger partial charge in [0, 0.05) is 50.6 Å². The van der Waals surface area contributed by atoms with Gasteiger partial charge in [-0.1, -0.05) is 0 Å². The lowest BCUT2D eigenvalue weighted by Gasteiger charge is -2.13. The lowest BCUT2D eigenvalue weighted by Crippen LogP contribution is -2.10. The first-order valence-corrected chi connectivity index (χ1v) is 10.1. The van der Waals surface area contributed by atoms with Gasteiger partial charge in [0.15, 0.2) is 5.65 Å². The molecule has 0 radical (unpaired) electrons. The molecule has 3 aromatic heterocycles. The maximum absolute atomic E-state index is 14.5. The number of methoxy groups -OCH3 is 1. The number of rotatable bonds is 6. The maximum Gasteiger partial charge on any atom is 0.208 e. The van der Waals surface area contributed by atoms with Crippen LogP contribution in [0.5, 0.6) is 5.75 Å². The Bertz CT molecular complexity index is 1280. The summed E-state index contributed by atoms with van der Waals surface area (Å²) in [5, 5.41) is 7.72. The highest BCUT2D eigenvalue weighted by molar-refractivity contribution is 5.76. The predicted molar refractivity (Wildman–Crippen MR) is 114 cm³/mol. The molecule has 4 heterocycles. The summed E-state index contributed by atoms with van der Waals surface area (Å²) in [5.74, 6) is 1.08. The van der Waals surface area contributed by atoms with Gasteiger partial charge in [0.05, 0.1) is 35.9 Å². The molecule has 1 aromatic carbocycles. The van der Waals surface area contributed by atoms with Crippen molar-refractivity contribution in [2.75, 3.05) is 19.0 Å². The van der Waals surface area contributed by atoms with Crippen molar-refractivity contribution >= 4 is 11.6 Å². The fourth-order valence-electron chi connectivity index (χ4n) is 4.09. The van der Waals surface area contributed by atoms with E-state index in [9.17, 15) is 4.39 Å². The molecule has 8 nitrogen and oxygen atoms in total. The Hall–Kier alpha value is -3.46. The monoisotopic (exact) mass is 422 g/mol. The van der Waals surface area contributed by atoms with E-state index in [1.807, 2.05) is 35.3 Å². The van der Waals surface area contributed by atoms with Crippen LogP contribution < -0.4 is 10.1 Å². The Morgan fingerprint density at radius 1 is 1.32 bits per heavy atom. The highest BCUT2D eigenvalue weighted by Crippen LogP contribution is 2.31. The third kappa shape index (κ3) is 3.40. The van der Waals surface area contributed by atoms with Gasteiger partial charge in [-0.25, -0.2) is 14.4 Å². The Kier molecular flexibility index (Phi) is 4.82. The summed E-state index contributed by atoms with van der Waals surface area (Å²) in [4.78, 5) is 9.36. The van der Waals surface area contributed by atoms with Gasteiger partial charge in [-0.05, 0) is 25.1 Å². The zero-order chi connectivity index (χ0) is 21.5. The molecular formula is C22H23FN6O2. The minimum absolute atomic E-state index is 0.249. The van der Waals surface area contributed by atoms with E-state index >= 15 is 0 Å². The Labute approximate surface area is 178 Å². The summed E-state index contributed by atoms with van der Waals surface area (Å²) in [6.07, 6.45) is 4.36. The number of aromatic nitrogens is 5. The van der Waals surface area contributed by atoms with E-state index < -0.39 is 0 Å². The second-order valence-corrected chi connectivity index (χ2v) is 7.60. The molecule has 0 saturated heterocycles. The van der Waals surface area contributed by atoms with Crippen LogP contribution in [-0.2, 0) is 31.4 Å². The molecule has 0 fully saturated rings. The van der Waals surface area contributed by atoms with Crippen molar-refractivity contribution in [3.05, 3.63) is 58.9 Å². The Morgan fingerprint density at radius 2 is 2.19 bits per heavy atom. The number of nitrogens with zero attached hydrogens (tertiary/aromatic N) is 5. The molecule has 0 saturated carbocycles. The fraction of sp³-hybridized carbons (Fsp3) is 0.318. The number of anilines is 1. The van der Waals surface area contributed by atoms with Gasteiger partial charge in [0.1, 0.15) is 11.6 Å². The molecule has 1 N–H and O–H groups in total. The summed E-state index contributed by atoms with van der Waals surface area (Å²) in [5.41, 5.74) is 5.71. The van der Waals surface area contributed by atoms with Gasteiger partial charge in [-0.2, -0.15) is 5.10 Å². The van der Waals surface area contributed by atoms with E-state index in [1.165, 1.54) is 6.07 Å². The van der Waals surface area contributed by atoms with Crippen molar-refractivity contribution in [3.8, 4) is 17.0 Å². The number of imidazole rings is 1. The molecule has 9 heteroatoms. The summed E-state index contributed by atoms with van der Waals surface area (Å²) in [6.45, 7) is 3.20. The van der Waals surface area contributed by atoms with E-state index in [2.05, 4.69) is 15.4 Å². The van der Waals surface area contributed by atoms with E-state index in [0.717, 1.165) is 39.6 Å². The lowest BCUT2D eigenvalue weighted by molar-refractivity contribution is 0.182. The van der Waals surface area contributed by atoms with Crippen LogP contribution in [-0.4, -0.2) is 37.9 Å². The minimum Gasteiger partial charge on any atom is -0.493 e. The first-order chi connectivity index (χ1) is 15.0. The predicted octanol–water partition coefficient (Wildman–Crippen LogP) is 3.27. The van der Waals surface area contributed by atoms with Crippen LogP contribution in [0.25, 0.3) is 16.9 Å². The van der Waals surface area contributed by atoms with Crippen LogP contribution in [0.3, 0.4) is 0 Å². The number of hydrogen-bond donors (Lipinski definition) is 1. The molecule has 1 aliphatic rings. The summed E-state index contributed by atoms with van der Waals surface area (Å²) in [7, 11) is 3.53. The van der Waals surface area contributed by atoms with Gasteiger partial charge in [0.2, 0.25) is 5.95 Å². The zero-order valence-electron chi connectivity index (χ0n) is 17.6. The van der Waals surface area contributed by atoms with E-state index in [-0.39, 0.29) is 5.82 Å². The first-order valence-electron chi connectivity index (χ1n) is 10.1. The second kappa shape index (κ2) is 7.66. The van der Waals surface area contributed by atoms with Gasteiger partial charge < -0.3 is 14.8 Å². The largest absolute Gasteiger partial charge is 0.493 e. The molecule has 0 aliphatic carbocycles. The number of halogens is 1. The topological polar surface area (TPSA) is 78.5 Å². The van der Waals surface area contributed by atoms with E-state index in [1.54, 1.807) is 19.4 Å².